The van der Waals surface area contributed by atoms with Crippen molar-refractivity contribution in [2.24, 2.45) is 5.41 Å². The Morgan fingerprint density at radius 2 is 2.00 bits per heavy atom. The van der Waals surface area contributed by atoms with Gasteiger partial charge in [-0.15, -0.1) is 0 Å². The quantitative estimate of drug-likeness (QED) is 0.795. The van der Waals surface area contributed by atoms with Gasteiger partial charge in [-0.1, -0.05) is 40.5 Å². The highest BCUT2D eigenvalue weighted by molar-refractivity contribution is 9.09. The van der Waals surface area contributed by atoms with E-state index >= 15 is 0 Å². The lowest BCUT2D eigenvalue weighted by molar-refractivity contribution is 0.139. The van der Waals surface area contributed by atoms with Gasteiger partial charge < -0.3 is 4.57 Å². The van der Waals surface area contributed by atoms with E-state index in [1.165, 1.54) is 19.3 Å². The lowest BCUT2D eigenvalue weighted by Gasteiger charge is -2.40. The van der Waals surface area contributed by atoms with Gasteiger partial charge in [-0.3, -0.25) is 4.79 Å². The summed E-state index contributed by atoms with van der Waals surface area (Å²) >= 11 is 3.60. The van der Waals surface area contributed by atoms with Gasteiger partial charge in [0.2, 0.25) is 0 Å². The topological polar surface area (TPSA) is 22.0 Å². The molecular weight excluding hydrogens is 290 g/mol. The molecule has 2 nitrogen and oxygen atoms in total. The maximum absolute atomic E-state index is 12.4. The zero-order valence-electron chi connectivity index (χ0n) is 10.2. The van der Waals surface area contributed by atoms with E-state index in [0.717, 1.165) is 22.6 Å². The minimum absolute atomic E-state index is 0.139. The number of benzene rings is 1. The van der Waals surface area contributed by atoms with Gasteiger partial charge in [0.25, 0.3) is 5.56 Å². The molecule has 1 heterocycles. The molecule has 1 aliphatic rings. The molecule has 94 valence electrons. The summed E-state index contributed by atoms with van der Waals surface area (Å²) in [4.78, 5) is 12.4. The van der Waals surface area contributed by atoms with E-state index in [1.54, 1.807) is 0 Å². The summed E-state index contributed by atoms with van der Waals surface area (Å²) < 4.78 is 1.88. The van der Waals surface area contributed by atoms with Gasteiger partial charge in [0, 0.05) is 23.5 Å². The number of halogens is 1. The molecule has 1 saturated carbocycles. The second-order valence-electron chi connectivity index (χ2n) is 5.32. The van der Waals surface area contributed by atoms with Crippen molar-refractivity contribution in [3.63, 3.8) is 0 Å². The molecule has 0 aliphatic heterocycles. The van der Waals surface area contributed by atoms with Crippen LogP contribution in [0.2, 0.25) is 0 Å². The van der Waals surface area contributed by atoms with E-state index in [0.29, 0.717) is 5.41 Å². The molecular formula is C15H16BrNO. The molecule has 0 unspecified atom stereocenters. The van der Waals surface area contributed by atoms with Crippen LogP contribution in [0.15, 0.2) is 41.3 Å². The average molecular weight is 306 g/mol. The number of alkyl halides is 1. The summed E-state index contributed by atoms with van der Waals surface area (Å²) in [5, 5.41) is 2.84. The molecule has 0 spiro atoms. The Morgan fingerprint density at radius 3 is 2.67 bits per heavy atom. The Morgan fingerprint density at radius 1 is 1.22 bits per heavy atom. The van der Waals surface area contributed by atoms with Crippen LogP contribution in [0, 0.1) is 5.41 Å². The third-order valence-corrected chi connectivity index (χ3v) is 5.28. The number of hydrogen-bond acceptors (Lipinski definition) is 1. The summed E-state index contributed by atoms with van der Waals surface area (Å²) in [7, 11) is 0. The molecule has 0 bridgehead atoms. The van der Waals surface area contributed by atoms with Crippen LogP contribution in [-0.2, 0) is 6.54 Å². The lowest BCUT2D eigenvalue weighted by Crippen LogP contribution is -2.38. The zero-order valence-corrected chi connectivity index (χ0v) is 11.8. The van der Waals surface area contributed by atoms with Crippen molar-refractivity contribution in [2.75, 3.05) is 5.33 Å². The molecule has 1 aromatic heterocycles. The van der Waals surface area contributed by atoms with E-state index < -0.39 is 0 Å². The highest BCUT2D eigenvalue weighted by Crippen LogP contribution is 2.43. The molecule has 0 radical (unpaired) electrons. The first-order chi connectivity index (χ1) is 8.74. The SMILES string of the molecule is O=c1c2ccccc2ccn1CC1(CBr)CCC1. The standard InChI is InChI=1S/C15H16BrNO/c16-10-15(7-3-8-15)11-17-9-6-12-4-1-2-5-13(12)14(17)18/h1-2,4-6,9H,3,7-8,10-11H2. The number of fused-ring (bicyclic) bond motifs is 1. The Balaban J connectivity index is 2.03. The first-order valence-corrected chi connectivity index (χ1v) is 7.50. The maximum Gasteiger partial charge on any atom is 0.258 e. The van der Waals surface area contributed by atoms with Crippen molar-refractivity contribution in [3.8, 4) is 0 Å². The first kappa shape index (κ1) is 12.0. The summed E-state index contributed by atoms with van der Waals surface area (Å²) in [6, 6.07) is 9.84. The van der Waals surface area contributed by atoms with Crippen LogP contribution in [-0.4, -0.2) is 9.90 Å². The van der Waals surface area contributed by atoms with Crippen LogP contribution in [0.25, 0.3) is 10.8 Å². The fourth-order valence-corrected chi connectivity index (χ4v) is 3.46. The van der Waals surface area contributed by atoms with Crippen molar-refractivity contribution < 1.29 is 0 Å². The van der Waals surface area contributed by atoms with E-state index in [1.807, 2.05) is 41.1 Å². The second kappa shape index (κ2) is 4.54. The maximum atomic E-state index is 12.4. The molecule has 0 amide bonds. The van der Waals surface area contributed by atoms with Gasteiger partial charge >= 0.3 is 0 Å². The number of pyridine rings is 1. The predicted octanol–water partition coefficient (Wildman–Crippen LogP) is 3.57. The minimum Gasteiger partial charge on any atom is -0.314 e. The Hall–Kier alpha value is -1.09. The Bertz CT molecular complexity index is 622. The molecule has 0 N–H and O–H groups in total. The molecule has 3 rings (SSSR count). The second-order valence-corrected chi connectivity index (χ2v) is 5.88. The van der Waals surface area contributed by atoms with Crippen LogP contribution in [0.5, 0.6) is 0 Å². The van der Waals surface area contributed by atoms with E-state index in [4.69, 9.17) is 0 Å². The molecule has 3 heteroatoms. The average Bonchev–Trinajstić information content (AvgIpc) is 2.37. The number of aromatic nitrogens is 1. The minimum atomic E-state index is 0.139. The Labute approximate surface area is 115 Å². The van der Waals surface area contributed by atoms with Crippen molar-refractivity contribution in [3.05, 3.63) is 46.9 Å². The molecule has 1 aliphatic carbocycles. The molecule has 0 saturated heterocycles. The monoisotopic (exact) mass is 305 g/mol. The third kappa shape index (κ3) is 1.91. The van der Waals surface area contributed by atoms with Crippen LogP contribution >= 0.6 is 15.9 Å². The third-order valence-electron chi connectivity index (χ3n) is 4.09. The van der Waals surface area contributed by atoms with Gasteiger partial charge in [-0.2, -0.15) is 0 Å². The van der Waals surface area contributed by atoms with Crippen molar-refractivity contribution in [1.29, 1.82) is 0 Å². The molecule has 1 aromatic carbocycles. The number of hydrogen-bond donors (Lipinski definition) is 0. The lowest BCUT2D eigenvalue weighted by atomic mass is 9.70. The van der Waals surface area contributed by atoms with E-state index in [2.05, 4.69) is 15.9 Å². The highest BCUT2D eigenvalue weighted by atomic mass is 79.9. The van der Waals surface area contributed by atoms with Crippen LogP contribution in [0.1, 0.15) is 19.3 Å². The summed E-state index contributed by atoms with van der Waals surface area (Å²) in [6.45, 7) is 0.835. The van der Waals surface area contributed by atoms with Crippen LogP contribution < -0.4 is 5.56 Å². The molecule has 1 fully saturated rings. The van der Waals surface area contributed by atoms with Gasteiger partial charge in [0.05, 0.1) is 0 Å². The van der Waals surface area contributed by atoms with E-state index in [9.17, 15) is 4.79 Å². The van der Waals surface area contributed by atoms with Gasteiger partial charge in [-0.05, 0) is 35.8 Å². The van der Waals surface area contributed by atoms with Crippen molar-refractivity contribution >= 4 is 26.7 Å². The largest absolute Gasteiger partial charge is 0.314 e. The van der Waals surface area contributed by atoms with Crippen molar-refractivity contribution in [1.82, 2.24) is 4.57 Å². The summed E-state index contributed by atoms with van der Waals surface area (Å²) in [5.74, 6) is 0. The van der Waals surface area contributed by atoms with Gasteiger partial charge in [0.1, 0.15) is 0 Å². The number of nitrogens with zero attached hydrogens (tertiary/aromatic N) is 1. The van der Waals surface area contributed by atoms with Crippen LogP contribution in [0.4, 0.5) is 0 Å². The summed E-state index contributed by atoms with van der Waals surface area (Å²) in [6.07, 6.45) is 5.66. The van der Waals surface area contributed by atoms with E-state index in [-0.39, 0.29) is 5.56 Å². The molecule has 0 atom stereocenters. The summed E-state index contributed by atoms with van der Waals surface area (Å²) in [5.41, 5.74) is 0.437. The smallest absolute Gasteiger partial charge is 0.258 e. The predicted molar refractivity (Wildman–Crippen MR) is 78.3 cm³/mol. The normalized spacial score (nSPS) is 17.6. The number of rotatable bonds is 3. The van der Waals surface area contributed by atoms with Gasteiger partial charge in [0.15, 0.2) is 0 Å². The molecule has 18 heavy (non-hydrogen) atoms. The molecule has 2 aromatic rings. The van der Waals surface area contributed by atoms with Crippen molar-refractivity contribution in [2.45, 2.75) is 25.8 Å². The fraction of sp³-hybridized carbons (Fsp3) is 0.400. The zero-order chi connectivity index (χ0) is 12.6. The van der Waals surface area contributed by atoms with Crippen LogP contribution in [0.3, 0.4) is 0 Å². The Kier molecular flexibility index (Phi) is 3.02. The first-order valence-electron chi connectivity index (χ1n) is 6.38. The highest BCUT2D eigenvalue weighted by Gasteiger charge is 2.36. The fourth-order valence-electron chi connectivity index (χ4n) is 2.73. The van der Waals surface area contributed by atoms with Gasteiger partial charge in [-0.25, -0.2) is 0 Å².